The van der Waals surface area contributed by atoms with E-state index in [0.717, 1.165) is 0 Å². The zero-order chi connectivity index (χ0) is 19.6. The predicted molar refractivity (Wildman–Crippen MR) is 96.5 cm³/mol. The number of methoxy groups -OCH3 is 2. The van der Waals surface area contributed by atoms with E-state index in [1.807, 2.05) is 0 Å². The summed E-state index contributed by atoms with van der Waals surface area (Å²) in [6.45, 7) is -0.844. The van der Waals surface area contributed by atoms with Crippen molar-refractivity contribution in [1.82, 2.24) is 0 Å². The Kier molecular flexibility index (Phi) is 7.18. The minimum atomic E-state index is -0.706. The second-order valence-corrected chi connectivity index (χ2v) is 5.25. The average molecular weight is 373 g/mol. The van der Waals surface area contributed by atoms with Crippen LogP contribution in [0.1, 0.15) is 10.4 Å². The first-order chi connectivity index (χ1) is 13.0. The van der Waals surface area contributed by atoms with Gasteiger partial charge in [-0.15, -0.1) is 0 Å². The smallest absolute Gasteiger partial charge is 0.344 e. The van der Waals surface area contributed by atoms with Crippen LogP contribution in [0.5, 0.6) is 17.2 Å². The maximum atomic E-state index is 12.0. The molecule has 0 saturated heterocycles. The number of hydrogen-bond acceptors (Lipinski definition) is 7. The van der Waals surface area contributed by atoms with E-state index < -0.39 is 18.5 Å². The Morgan fingerprint density at radius 3 is 2.30 bits per heavy atom. The van der Waals surface area contributed by atoms with Gasteiger partial charge >= 0.3 is 5.97 Å². The zero-order valence-electron chi connectivity index (χ0n) is 14.9. The van der Waals surface area contributed by atoms with Gasteiger partial charge < -0.3 is 24.3 Å². The minimum Gasteiger partial charge on any atom is -0.497 e. The second kappa shape index (κ2) is 9.81. The summed E-state index contributed by atoms with van der Waals surface area (Å²) < 4.78 is 20.3. The van der Waals surface area contributed by atoms with Crippen LogP contribution in [0.15, 0.2) is 42.5 Å². The molecule has 8 heteroatoms. The molecule has 2 aromatic carbocycles. The Bertz CT molecular complexity index is 802. The molecule has 0 radical (unpaired) electrons. The van der Waals surface area contributed by atoms with Gasteiger partial charge in [-0.25, -0.2) is 4.79 Å². The standard InChI is InChI=1S/C19H19NO7/c1-24-15-7-8-17(25-2)16(9-15)20-18(22)11-27-19(23)12-26-14-5-3-13(10-21)4-6-14/h3-10H,11-12H2,1-2H3,(H,20,22). The monoisotopic (exact) mass is 373 g/mol. The first kappa shape index (κ1) is 19.8. The predicted octanol–water partition coefficient (Wildman–Crippen LogP) is 2.08. The molecule has 0 heterocycles. The van der Waals surface area contributed by atoms with Crippen LogP contribution >= 0.6 is 0 Å². The highest BCUT2D eigenvalue weighted by molar-refractivity contribution is 5.94. The largest absolute Gasteiger partial charge is 0.497 e. The second-order valence-electron chi connectivity index (χ2n) is 5.25. The van der Waals surface area contributed by atoms with Gasteiger partial charge in [-0.2, -0.15) is 0 Å². The van der Waals surface area contributed by atoms with Crippen molar-refractivity contribution < 1.29 is 33.3 Å². The van der Waals surface area contributed by atoms with Crippen molar-refractivity contribution in [2.45, 2.75) is 0 Å². The van der Waals surface area contributed by atoms with Crippen LogP contribution in [0.2, 0.25) is 0 Å². The molecule has 0 aliphatic carbocycles. The van der Waals surface area contributed by atoms with Crippen LogP contribution in [-0.4, -0.2) is 45.6 Å². The third kappa shape index (κ3) is 6.03. The number of benzene rings is 2. The lowest BCUT2D eigenvalue weighted by Gasteiger charge is -2.12. The molecule has 0 bridgehead atoms. The Labute approximate surface area is 156 Å². The highest BCUT2D eigenvalue weighted by Gasteiger charge is 2.12. The number of carbonyl (C=O) groups is 3. The molecule has 8 nitrogen and oxygen atoms in total. The van der Waals surface area contributed by atoms with Crippen molar-refractivity contribution in [2.24, 2.45) is 0 Å². The molecule has 0 spiro atoms. The Hall–Kier alpha value is -3.55. The summed E-state index contributed by atoms with van der Waals surface area (Å²) in [4.78, 5) is 34.2. The normalized spacial score (nSPS) is 9.85. The summed E-state index contributed by atoms with van der Waals surface area (Å²) in [5.74, 6) is 0.144. The van der Waals surface area contributed by atoms with E-state index in [4.69, 9.17) is 18.9 Å². The fraction of sp³-hybridized carbons (Fsp3) is 0.211. The van der Waals surface area contributed by atoms with Crippen molar-refractivity contribution in [3.05, 3.63) is 48.0 Å². The molecule has 0 aromatic heterocycles. The molecule has 1 N–H and O–H groups in total. The van der Waals surface area contributed by atoms with Gasteiger partial charge in [-0.3, -0.25) is 9.59 Å². The molecule has 0 atom stereocenters. The van der Waals surface area contributed by atoms with Crippen molar-refractivity contribution in [3.8, 4) is 17.2 Å². The summed E-state index contributed by atoms with van der Waals surface area (Å²) >= 11 is 0. The summed E-state index contributed by atoms with van der Waals surface area (Å²) in [7, 11) is 2.97. The third-order valence-electron chi connectivity index (χ3n) is 3.42. The summed E-state index contributed by atoms with van der Waals surface area (Å²) in [6.07, 6.45) is 0.702. The van der Waals surface area contributed by atoms with Crippen molar-refractivity contribution in [2.75, 3.05) is 32.8 Å². The van der Waals surface area contributed by atoms with Crippen LogP contribution in [-0.2, 0) is 14.3 Å². The third-order valence-corrected chi connectivity index (χ3v) is 3.42. The molecule has 27 heavy (non-hydrogen) atoms. The highest BCUT2D eigenvalue weighted by Crippen LogP contribution is 2.28. The highest BCUT2D eigenvalue weighted by atomic mass is 16.6. The SMILES string of the molecule is COc1ccc(OC)c(NC(=O)COC(=O)COc2ccc(C=O)cc2)c1. The van der Waals surface area contributed by atoms with E-state index in [9.17, 15) is 14.4 Å². The number of hydrogen-bond donors (Lipinski definition) is 1. The van der Waals surface area contributed by atoms with Crippen molar-refractivity contribution >= 4 is 23.9 Å². The molecular formula is C19H19NO7. The summed E-state index contributed by atoms with van der Waals surface area (Å²) in [6, 6.07) is 11.1. The Morgan fingerprint density at radius 2 is 1.67 bits per heavy atom. The van der Waals surface area contributed by atoms with Crippen LogP contribution in [0.25, 0.3) is 0 Å². The molecule has 0 unspecified atom stereocenters. The number of nitrogens with one attached hydrogen (secondary N) is 1. The van der Waals surface area contributed by atoms with Gasteiger partial charge in [-0.05, 0) is 36.4 Å². The number of rotatable bonds is 9. The number of anilines is 1. The summed E-state index contributed by atoms with van der Waals surface area (Å²) in [5, 5.41) is 2.58. The molecule has 0 aliphatic rings. The van der Waals surface area contributed by atoms with Crippen LogP contribution in [0.3, 0.4) is 0 Å². The van der Waals surface area contributed by atoms with Crippen LogP contribution in [0.4, 0.5) is 5.69 Å². The van der Waals surface area contributed by atoms with E-state index >= 15 is 0 Å². The lowest BCUT2D eigenvalue weighted by molar-refractivity contribution is -0.149. The maximum Gasteiger partial charge on any atom is 0.344 e. The lowest BCUT2D eigenvalue weighted by Crippen LogP contribution is -2.23. The Balaban J connectivity index is 1.80. The minimum absolute atomic E-state index is 0.365. The molecule has 0 saturated carbocycles. The van der Waals surface area contributed by atoms with E-state index in [1.165, 1.54) is 14.2 Å². The lowest BCUT2D eigenvalue weighted by atomic mass is 10.2. The van der Waals surface area contributed by atoms with E-state index in [1.54, 1.807) is 42.5 Å². The fourth-order valence-corrected chi connectivity index (χ4v) is 2.07. The van der Waals surface area contributed by atoms with Crippen LogP contribution in [0, 0.1) is 0 Å². The Morgan fingerprint density at radius 1 is 0.963 bits per heavy atom. The van der Waals surface area contributed by atoms with Gasteiger partial charge in [-0.1, -0.05) is 0 Å². The van der Waals surface area contributed by atoms with Crippen molar-refractivity contribution in [1.29, 1.82) is 0 Å². The fourth-order valence-electron chi connectivity index (χ4n) is 2.07. The van der Waals surface area contributed by atoms with Gasteiger partial charge in [0.25, 0.3) is 5.91 Å². The first-order valence-corrected chi connectivity index (χ1v) is 7.91. The van der Waals surface area contributed by atoms with Gasteiger partial charge in [0.05, 0.1) is 19.9 Å². The van der Waals surface area contributed by atoms with E-state index in [2.05, 4.69) is 5.32 Å². The number of ether oxygens (including phenoxy) is 4. The van der Waals surface area contributed by atoms with E-state index in [-0.39, 0.29) is 6.61 Å². The van der Waals surface area contributed by atoms with Gasteiger partial charge in [0.1, 0.15) is 23.5 Å². The molecule has 0 aliphatic heterocycles. The molecule has 1 amide bonds. The average Bonchev–Trinajstić information content (AvgIpc) is 2.71. The van der Waals surface area contributed by atoms with Crippen LogP contribution < -0.4 is 19.5 Å². The number of amides is 1. The quantitative estimate of drug-likeness (QED) is 0.530. The van der Waals surface area contributed by atoms with Crippen molar-refractivity contribution in [3.63, 3.8) is 0 Å². The first-order valence-electron chi connectivity index (χ1n) is 7.91. The van der Waals surface area contributed by atoms with Gasteiger partial charge in [0, 0.05) is 11.6 Å². The van der Waals surface area contributed by atoms with E-state index in [0.29, 0.717) is 34.8 Å². The number of carbonyl (C=O) groups excluding carboxylic acids is 3. The topological polar surface area (TPSA) is 100 Å². The molecule has 0 fully saturated rings. The molecule has 142 valence electrons. The van der Waals surface area contributed by atoms with Gasteiger partial charge in [0.2, 0.25) is 0 Å². The maximum absolute atomic E-state index is 12.0. The summed E-state index contributed by atoms with van der Waals surface area (Å²) in [5.41, 5.74) is 0.888. The van der Waals surface area contributed by atoms with Gasteiger partial charge in [0.15, 0.2) is 13.2 Å². The number of esters is 1. The molecule has 2 aromatic rings. The number of aldehydes is 1. The molecule has 2 rings (SSSR count). The molecular weight excluding hydrogens is 354 g/mol. The zero-order valence-corrected chi connectivity index (χ0v) is 14.9.